The van der Waals surface area contributed by atoms with Crippen LogP contribution in [0.25, 0.3) is 29.0 Å². The molecule has 0 heterocycles. The van der Waals surface area contributed by atoms with Crippen molar-refractivity contribution in [1.29, 1.82) is 0 Å². The van der Waals surface area contributed by atoms with Gasteiger partial charge >= 0.3 is 0 Å². The van der Waals surface area contributed by atoms with Crippen molar-refractivity contribution in [2.24, 2.45) is 0 Å². The van der Waals surface area contributed by atoms with Gasteiger partial charge in [0.1, 0.15) is 0 Å². The van der Waals surface area contributed by atoms with Gasteiger partial charge in [0.15, 0.2) is 0 Å². The van der Waals surface area contributed by atoms with Gasteiger partial charge in [-0.1, -0.05) is 62.2 Å². The number of hydrogen-bond donors (Lipinski definition) is 0. The predicted molar refractivity (Wildman–Crippen MR) is 74.2 cm³/mol. The first-order valence-corrected chi connectivity index (χ1v) is 5.24. The zero-order valence-corrected chi connectivity index (χ0v) is 9.24. The van der Waals surface area contributed by atoms with Gasteiger partial charge in [0.25, 0.3) is 0 Å². The molecule has 0 radical (unpaired) electrons. The summed E-state index contributed by atoms with van der Waals surface area (Å²) in [5.41, 5.74) is 3.39. The average Bonchev–Trinajstić information content (AvgIpc) is 2.36. The van der Waals surface area contributed by atoms with Gasteiger partial charge in [-0.2, -0.15) is 0 Å². The predicted octanol–water partition coefficient (Wildman–Crippen LogP) is 4.77. The Balaban J connectivity index is 2.83. The molecule has 78 valence electrons. The Bertz CT molecular complexity index is 574. The Hall–Kier alpha value is -2.08. The van der Waals surface area contributed by atoms with Crippen molar-refractivity contribution in [2.45, 2.75) is 0 Å². The highest BCUT2D eigenvalue weighted by Crippen LogP contribution is 2.25. The van der Waals surface area contributed by atoms with Crippen LogP contribution in [-0.4, -0.2) is 0 Å². The molecule has 0 saturated carbocycles. The monoisotopic (exact) mass is 206 g/mol. The van der Waals surface area contributed by atoms with Gasteiger partial charge < -0.3 is 0 Å². The first kappa shape index (κ1) is 10.4. The van der Waals surface area contributed by atoms with E-state index in [4.69, 9.17) is 0 Å². The Labute approximate surface area is 96.2 Å². The molecule has 0 N–H and O–H groups in total. The third-order valence-electron chi connectivity index (χ3n) is 2.78. The minimum Gasteiger partial charge on any atom is -0.0985 e. The van der Waals surface area contributed by atoms with E-state index in [0.717, 1.165) is 16.7 Å². The summed E-state index contributed by atoms with van der Waals surface area (Å²) in [6.07, 6.45) is 5.60. The fourth-order valence-corrected chi connectivity index (χ4v) is 1.92. The summed E-state index contributed by atoms with van der Waals surface area (Å²) in [4.78, 5) is 0. The summed E-state index contributed by atoms with van der Waals surface area (Å²) < 4.78 is 0. The third kappa shape index (κ3) is 1.59. The van der Waals surface area contributed by atoms with Crippen molar-refractivity contribution in [3.05, 3.63) is 66.8 Å². The summed E-state index contributed by atoms with van der Waals surface area (Å²) in [6, 6.07) is 10.5. The van der Waals surface area contributed by atoms with E-state index in [0.29, 0.717) is 0 Å². The van der Waals surface area contributed by atoms with Gasteiger partial charge in [-0.3, -0.25) is 0 Å². The van der Waals surface area contributed by atoms with E-state index < -0.39 is 0 Å². The van der Waals surface area contributed by atoms with Crippen LogP contribution in [0.3, 0.4) is 0 Å². The second kappa shape index (κ2) is 4.19. The van der Waals surface area contributed by atoms with Gasteiger partial charge in [0, 0.05) is 0 Å². The van der Waals surface area contributed by atoms with Crippen molar-refractivity contribution in [2.75, 3.05) is 0 Å². The van der Waals surface area contributed by atoms with Crippen molar-refractivity contribution in [3.63, 3.8) is 0 Å². The molecule has 0 saturated heterocycles. The number of fused-ring (bicyclic) bond motifs is 1. The lowest BCUT2D eigenvalue weighted by molar-refractivity contribution is 1.65. The Morgan fingerprint density at radius 1 is 0.812 bits per heavy atom. The summed E-state index contributed by atoms with van der Waals surface area (Å²) >= 11 is 0. The van der Waals surface area contributed by atoms with Gasteiger partial charge in [-0.05, 0) is 33.5 Å². The maximum absolute atomic E-state index is 3.86. The van der Waals surface area contributed by atoms with Gasteiger partial charge in [0.05, 0.1) is 0 Å². The van der Waals surface area contributed by atoms with E-state index in [9.17, 15) is 0 Å². The standard InChI is InChI=1S/C16H14/c1-4-12-7-10-16-14(11-12)9-8-13(5-2)15(16)6-3/h4-11H,1-3H2. The fourth-order valence-electron chi connectivity index (χ4n) is 1.92. The molecule has 16 heavy (non-hydrogen) atoms. The molecule has 0 aromatic heterocycles. The van der Waals surface area contributed by atoms with Gasteiger partial charge in [0.2, 0.25) is 0 Å². The molecule has 0 bridgehead atoms. The van der Waals surface area contributed by atoms with Crippen molar-refractivity contribution in [1.82, 2.24) is 0 Å². The molecule has 2 rings (SSSR count). The van der Waals surface area contributed by atoms with Crippen LogP contribution in [0.2, 0.25) is 0 Å². The largest absolute Gasteiger partial charge is 0.0985 e. The van der Waals surface area contributed by atoms with Crippen LogP contribution < -0.4 is 0 Å². The molecule has 0 aliphatic carbocycles. The SMILES string of the molecule is C=Cc1ccc2c(C=C)c(C=C)ccc2c1. The van der Waals surface area contributed by atoms with Crippen LogP contribution in [-0.2, 0) is 0 Å². The molecule has 0 unspecified atom stereocenters. The molecule has 0 atom stereocenters. The van der Waals surface area contributed by atoms with E-state index in [1.165, 1.54) is 10.8 Å². The van der Waals surface area contributed by atoms with E-state index in [1.807, 2.05) is 18.2 Å². The van der Waals surface area contributed by atoms with Crippen molar-refractivity contribution < 1.29 is 0 Å². The topological polar surface area (TPSA) is 0 Å². The van der Waals surface area contributed by atoms with Crippen molar-refractivity contribution >= 4 is 29.0 Å². The van der Waals surface area contributed by atoms with E-state index >= 15 is 0 Å². The lowest BCUT2D eigenvalue weighted by Gasteiger charge is -2.07. The van der Waals surface area contributed by atoms with Crippen LogP contribution in [0.5, 0.6) is 0 Å². The van der Waals surface area contributed by atoms with Crippen LogP contribution in [0.1, 0.15) is 16.7 Å². The zero-order valence-electron chi connectivity index (χ0n) is 9.24. The summed E-state index contributed by atoms with van der Waals surface area (Å²) in [6.45, 7) is 11.5. The minimum absolute atomic E-state index is 1.12. The van der Waals surface area contributed by atoms with Crippen LogP contribution in [0.15, 0.2) is 50.1 Å². The fraction of sp³-hybridized carbons (Fsp3) is 0. The van der Waals surface area contributed by atoms with Gasteiger partial charge in [-0.15, -0.1) is 0 Å². The number of hydrogen-bond acceptors (Lipinski definition) is 0. The van der Waals surface area contributed by atoms with Gasteiger partial charge in [-0.25, -0.2) is 0 Å². The molecule has 0 aliphatic heterocycles. The normalized spacial score (nSPS) is 10.0. The first-order chi connectivity index (χ1) is 7.80. The van der Waals surface area contributed by atoms with E-state index in [-0.39, 0.29) is 0 Å². The summed E-state index contributed by atoms with van der Waals surface area (Å²) in [5.74, 6) is 0. The minimum atomic E-state index is 1.12. The van der Waals surface area contributed by atoms with E-state index in [1.54, 1.807) is 0 Å². The molecule has 0 aliphatic rings. The molecule has 0 heteroatoms. The lowest BCUT2D eigenvalue weighted by Crippen LogP contribution is -1.84. The highest BCUT2D eigenvalue weighted by molar-refractivity contribution is 5.94. The van der Waals surface area contributed by atoms with Crippen molar-refractivity contribution in [3.8, 4) is 0 Å². The molecule has 2 aromatic carbocycles. The second-order valence-corrected chi connectivity index (χ2v) is 3.66. The molecule has 0 amide bonds. The molecule has 0 nitrogen and oxygen atoms in total. The molecule has 0 fully saturated rings. The molecular formula is C16H14. The van der Waals surface area contributed by atoms with Crippen LogP contribution in [0, 0.1) is 0 Å². The highest BCUT2D eigenvalue weighted by Gasteiger charge is 2.02. The second-order valence-electron chi connectivity index (χ2n) is 3.66. The highest BCUT2D eigenvalue weighted by atomic mass is 14.1. The Kier molecular flexibility index (Phi) is 2.74. The number of benzene rings is 2. The maximum Gasteiger partial charge on any atom is -0.0105 e. The number of rotatable bonds is 3. The summed E-state index contributed by atoms with van der Waals surface area (Å²) in [5, 5.41) is 2.41. The first-order valence-electron chi connectivity index (χ1n) is 5.24. The zero-order chi connectivity index (χ0) is 11.5. The smallest absolute Gasteiger partial charge is 0.0105 e. The average molecular weight is 206 g/mol. The van der Waals surface area contributed by atoms with E-state index in [2.05, 4.69) is 50.1 Å². The third-order valence-corrected chi connectivity index (χ3v) is 2.78. The molecule has 2 aromatic rings. The molecule has 0 spiro atoms. The maximum atomic E-state index is 3.86. The molecular weight excluding hydrogens is 192 g/mol. The summed E-state index contributed by atoms with van der Waals surface area (Å²) in [7, 11) is 0. The lowest BCUT2D eigenvalue weighted by atomic mass is 9.97. The Morgan fingerprint density at radius 3 is 2.25 bits per heavy atom. The van der Waals surface area contributed by atoms with Crippen LogP contribution in [0.4, 0.5) is 0 Å². The Morgan fingerprint density at radius 2 is 1.62 bits per heavy atom. The quantitative estimate of drug-likeness (QED) is 0.678. The van der Waals surface area contributed by atoms with Crippen LogP contribution >= 0.6 is 0 Å².